The topological polar surface area (TPSA) is 75.4 Å². The molecule has 0 atom stereocenters. The zero-order chi connectivity index (χ0) is 17.0. The van der Waals surface area contributed by atoms with Gasteiger partial charge in [0, 0.05) is 19.0 Å². The maximum atomic E-state index is 12.3. The predicted molar refractivity (Wildman–Crippen MR) is 86.7 cm³/mol. The van der Waals surface area contributed by atoms with Crippen LogP contribution in [0.1, 0.15) is 56.9 Å². The van der Waals surface area contributed by atoms with Crippen LogP contribution in [0, 0.1) is 17.8 Å². The van der Waals surface area contributed by atoms with E-state index in [1.54, 1.807) is 4.90 Å². The molecule has 1 aliphatic rings. The summed E-state index contributed by atoms with van der Waals surface area (Å²) in [4.78, 5) is 30.3. The van der Waals surface area contributed by atoms with Crippen molar-refractivity contribution in [2.24, 2.45) is 17.8 Å². The molecular weight excluding hydrogens is 294 g/mol. The van der Waals surface area contributed by atoms with Gasteiger partial charge in [-0.1, -0.05) is 27.7 Å². The molecule has 1 heterocycles. The number of aromatic nitrogens is 1. The molecule has 0 aliphatic heterocycles. The van der Waals surface area contributed by atoms with E-state index in [0.29, 0.717) is 37.4 Å². The molecule has 6 heteroatoms. The van der Waals surface area contributed by atoms with Crippen LogP contribution in [0.3, 0.4) is 0 Å². The molecule has 0 radical (unpaired) electrons. The van der Waals surface area contributed by atoms with E-state index in [2.05, 4.69) is 24.1 Å². The maximum absolute atomic E-state index is 12.3. The minimum absolute atomic E-state index is 0.164. The molecule has 1 fully saturated rings. The first-order chi connectivity index (χ1) is 10.9. The Morgan fingerprint density at radius 2 is 2.00 bits per heavy atom. The van der Waals surface area contributed by atoms with Crippen molar-refractivity contribution in [2.75, 3.05) is 13.1 Å². The lowest BCUT2D eigenvalue weighted by atomic mass is 10.2. The summed E-state index contributed by atoms with van der Waals surface area (Å²) < 4.78 is 5.39. The van der Waals surface area contributed by atoms with Crippen LogP contribution in [0.2, 0.25) is 0 Å². The van der Waals surface area contributed by atoms with Gasteiger partial charge < -0.3 is 14.6 Å². The fourth-order valence-electron chi connectivity index (χ4n) is 2.30. The number of hydrogen-bond acceptors (Lipinski definition) is 4. The Kier molecular flexibility index (Phi) is 5.80. The van der Waals surface area contributed by atoms with E-state index >= 15 is 0 Å². The summed E-state index contributed by atoms with van der Waals surface area (Å²) in [5, 5.41) is 2.81. The summed E-state index contributed by atoms with van der Waals surface area (Å²) >= 11 is 0. The lowest BCUT2D eigenvalue weighted by Gasteiger charge is -2.23. The highest BCUT2D eigenvalue weighted by Crippen LogP contribution is 2.31. The Bertz CT molecular complexity index is 547. The molecule has 1 saturated carbocycles. The smallest absolute Gasteiger partial charge is 0.273 e. The molecule has 1 aliphatic carbocycles. The van der Waals surface area contributed by atoms with Gasteiger partial charge in [0.1, 0.15) is 6.26 Å². The number of carbonyl (C=O) groups excluding carboxylic acids is 2. The minimum atomic E-state index is -0.238. The molecule has 0 aromatic carbocycles. The van der Waals surface area contributed by atoms with Gasteiger partial charge in [-0.2, -0.15) is 0 Å². The van der Waals surface area contributed by atoms with Crippen molar-refractivity contribution in [1.82, 2.24) is 15.2 Å². The van der Waals surface area contributed by atoms with E-state index < -0.39 is 0 Å². The van der Waals surface area contributed by atoms with Crippen LogP contribution in [0.15, 0.2) is 10.7 Å². The molecule has 23 heavy (non-hydrogen) atoms. The number of nitrogens with zero attached hydrogens (tertiary/aromatic N) is 2. The highest BCUT2D eigenvalue weighted by molar-refractivity contribution is 5.91. The number of hydrogen-bond donors (Lipinski definition) is 1. The molecule has 0 saturated heterocycles. The molecule has 0 bridgehead atoms. The van der Waals surface area contributed by atoms with Gasteiger partial charge in [0.2, 0.25) is 11.8 Å². The van der Waals surface area contributed by atoms with Crippen LogP contribution in [-0.4, -0.2) is 34.8 Å². The zero-order valence-corrected chi connectivity index (χ0v) is 14.5. The standard InChI is InChI=1S/C17H27N3O3/c1-11(2)7-18-16(21)14-10-23-15(19-14)9-20(8-12(3)4)17(22)13-5-6-13/h10-13H,5-9H2,1-4H3,(H,18,21). The summed E-state index contributed by atoms with van der Waals surface area (Å²) in [6.07, 6.45) is 3.31. The highest BCUT2D eigenvalue weighted by Gasteiger charge is 2.34. The minimum Gasteiger partial charge on any atom is -0.446 e. The third-order valence-electron chi connectivity index (χ3n) is 3.61. The van der Waals surface area contributed by atoms with Crippen LogP contribution < -0.4 is 5.32 Å². The zero-order valence-electron chi connectivity index (χ0n) is 14.5. The first-order valence-electron chi connectivity index (χ1n) is 8.38. The lowest BCUT2D eigenvalue weighted by molar-refractivity contribution is -0.134. The SMILES string of the molecule is CC(C)CNC(=O)c1coc(CN(CC(C)C)C(=O)C2CC2)n1. The normalized spacial score (nSPS) is 14.3. The van der Waals surface area contributed by atoms with Crippen LogP contribution in [0.25, 0.3) is 0 Å². The van der Waals surface area contributed by atoms with Crippen LogP contribution in [0.4, 0.5) is 0 Å². The Hall–Kier alpha value is -1.85. The summed E-state index contributed by atoms with van der Waals surface area (Å²) in [6, 6.07) is 0. The molecule has 1 aromatic heterocycles. The summed E-state index contributed by atoms with van der Waals surface area (Å²) in [5.41, 5.74) is 0.268. The highest BCUT2D eigenvalue weighted by atomic mass is 16.3. The van der Waals surface area contributed by atoms with Crippen LogP contribution in [-0.2, 0) is 11.3 Å². The molecule has 0 spiro atoms. The quantitative estimate of drug-likeness (QED) is 0.798. The van der Waals surface area contributed by atoms with Gasteiger partial charge in [-0.25, -0.2) is 4.98 Å². The van der Waals surface area contributed by atoms with Crippen molar-refractivity contribution in [2.45, 2.75) is 47.1 Å². The van der Waals surface area contributed by atoms with Gasteiger partial charge in [-0.15, -0.1) is 0 Å². The van der Waals surface area contributed by atoms with Crippen LogP contribution >= 0.6 is 0 Å². The van der Waals surface area contributed by atoms with Gasteiger partial charge in [0.05, 0.1) is 6.54 Å². The first-order valence-corrected chi connectivity index (χ1v) is 8.38. The van der Waals surface area contributed by atoms with Gasteiger partial charge in [0.15, 0.2) is 5.69 Å². The van der Waals surface area contributed by atoms with Crippen molar-refractivity contribution in [3.63, 3.8) is 0 Å². The molecule has 0 unspecified atom stereocenters. The number of carbonyl (C=O) groups is 2. The van der Waals surface area contributed by atoms with Crippen molar-refractivity contribution >= 4 is 11.8 Å². The average molecular weight is 321 g/mol. The van der Waals surface area contributed by atoms with Crippen molar-refractivity contribution in [3.05, 3.63) is 17.8 Å². The second kappa shape index (κ2) is 7.62. The largest absolute Gasteiger partial charge is 0.446 e. The summed E-state index contributed by atoms with van der Waals surface area (Å²) in [6.45, 7) is 9.81. The fourth-order valence-corrected chi connectivity index (χ4v) is 2.30. The molecule has 2 amide bonds. The first kappa shape index (κ1) is 17.5. The van der Waals surface area contributed by atoms with Gasteiger partial charge >= 0.3 is 0 Å². The van der Waals surface area contributed by atoms with Crippen molar-refractivity contribution in [3.8, 4) is 0 Å². The third-order valence-corrected chi connectivity index (χ3v) is 3.61. The molecule has 128 valence electrons. The second-order valence-corrected chi connectivity index (χ2v) is 7.12. The molecule has 1 N–H and O–H groups in total. The van der Waals surface area contributed by atoms with E-state index in [-0.39, 0.29) is 23.4 Å². The third kappa shape index (κ3) is 5.37. The van der Waals surface area contributed by atoms with Gasteiger partial charge in [-0.05, 0) is 24.7 Å². The van der Waals surface area contributed by atoms with E-state index in [4.69, 9.17) is 4.42 Å². The van der Waals surface area contributed by atoms with E-state index in [1.807, 2.05) is 13.8 Å². The van der Waals surface area contributed by atoms with E-state index in [0.717, 1.165) is 12.8 Å². The Labute approximate surface area is 137 Å². The Balaban J connectivity index is 1.97. The number of oxazole rings is 1. The van der Waals surface area contributed by atoms with E-state index in [1.165, 1.54) is 6.26 Å². The molecule has 6 nitrogen and oxygen atoms in total. The average Bonchev–Trinajstić information content (AvgIpc) is 3.22. The Morgan fingerprint density at radius 1 is 1.30 bits per heavy atom. The summed E-state index contributed by atoms with van der Waals surface area (Å²) in [7, 11) is 0. The van der Waals surface area contributed by atoms with E-state index in [9.17, 15) is 9.59 Å². The van der Waals surface area contributed by atoms with Gasteiger partial charge in [0.25, 0.3) is 5.91 Å². The lowest BCUT2D eigenvalue weighted by Crippen LogP contribution is -2.35. The van der Waals surface area contributed by atoms with Gasteiger partial charge in [-0.3, -0.25) is 9.59 Å². The molecular formula is C17H27N3O3. The van der Waals surface area contributed by atoms with Crippen molar-refractivity contribution < 1.29 is 14.0 Å². The maximum Gasteiger partial charge on any atom is 0.273 e. The number of nitrogens with one attached hydrogen (secondary N) is 1. The molecule has 2 rings (SSSR count). The predicted octanol–water partition coefficient (Wildman–Crippen LogP) is 2.46. The monoisotopic (exact) mass is 321 g/mol. The Morgan fingerprint density at radius 3 is 2.57 bits per heavy atom. The number of amides is 2. The van der Waals surface area contributed by atoms with Crippen LogP contribution in [0.5, 0.6) is 0 Å². The fraction of sp³-hybridized carbons (Fsp3) is 0.706. The number of rotatable bonds is 8. The molecule has 1 aromatic rings. The second-order valence-electron chi connectivity index (χ2n) is 7.12. The summed E-state index contributed by atoms with van der Waals surface area (Å²) in [5.74, 6) is 1.26. The van der Waals surface area contributed by atoms with Crippen molar-refractivity contribution in [1.29, 1.82) is 0 Å².